The number of hydrogen-bond donors (Lipinski definition) is 3. The summed E-state index contributed by atoms with van der Waals surface area (Å²) in [6, 6.07) is 4.01. The fourth-order valence-corrected chi connectivity index (χ4v) is 2.68. The SMILES string of the molecule is Cc1cn(-c2cc(C(=O)Nc3ccc(F)c(NC(=O)O)c3F)cc(C(F)(F)F)c2)cn1. The molecule has 0 aliphatic heterocycles. The Morgan fingerprint density at radius 2 is 1.81 bits per heavy atom. The number of alkyl halides is 3. The van der Waals surface area contributed by atoms with Gasteiger partial charge in [0.1, 0.15) is 11.5 Å². The Kier molecular flexibility index (Phi) is 5.64. The van der Waals surface area contributed by atoms with Crippen LogP contribution in [0.25, 0.3) is 5.69 Å². The lowest BCUT2D eigenvalue weighted by Gasteiger charge is -2.14. The molecule has 0 bridgehead atoms. The first-order valence-corrected chi connectivity index (χ1v) is 8.48. The predicted octanol–water partition coefficient (Wildman–Crippen LogP) is 4.82. The fourth-order valence-electron chi connectivity index (χ4n) is 2.68. The van der Waals surface area contributed by atoms with Crippen molar-refractivity contribution in [3.63, 3.8) is 0 Å². The van der Waals surface area contributed by atoms with Crippen LogP contribution in [0.4, 0.5) is 38.1 Å². The van der Waals surface area contributed by atoms with Crippen molar-refractivity contribution in [2.45, 2.75) is 13.1 Å². The lowest BCUT2D eigenvalue weighted by atomic mass is 10.1. The second-order valence-electron chi connectivity index (χ2n) is 6.36. The van der Waals surface area contributed by atoms with E-state index in [9.17, 15) is 31.5 Å². The van der Waals surface area contributed by atoms with Crippen LogP contribution in [0.15, 0.2) is 42.9 Å². The number of benzene rings is 2. The van der Waals surface area contributed by atoms with E-state index in [1.54, 1.807) is 6.92 Å². The van der Waals surface area contributed by atoms with Crippen LogP contribution in [0, 0.1) is 18.6 Å². The molecule has 0 aliphatic carbocycles. The minimum absolute atomic E-state index is 0.0200. The second kappa shape index (κ2) is 8.05. The number of amides is 2. The second-order valence-corrected chi connectivity index (χ2v) is 6.36. The van der Waals surface area contributed by atoms with E-state index in [4.69, 9.17) is 5.11 Å². The quantitative estimate of drug-likeness (QED) is 0.507. The molecule has 0 atom stereocenters. The maximum absolute atomic E-state index is 14.4. The third-order valence-electron chi connectivity index (χ3n) is 4.09. The van der Waals surface area contributed by atoms with E-state index in [2.05, 4.69) is 4.98 Å². The molecule has 3 N–H and O–H groups in total. The number of carbonyl (C=O) groups excluding carboxylic acids is 1. The Labute approximate surface area is 171 Å². The Balaban J connectivity index is 2.01. The first kappa shape index (κ1) is 21.7. The smallest absolute Gasteiger partial charge is 0.416 e. The standard InChI is InChI=1S/C19H13F5N4O3/c1-9-7-28(8-25-9)12-5-10(4-11(6-12)19(22,23)24)17(29)26-14-3-2-13(20)16(15(14)21)27-18(30)31/h2-8,27H,1H3,(H,26,29)(H,30,31). The molecule has 3 rings (SSSR count). The summed E-state index contributed by atoms with van der Waals surface area (Å²) in [5, 5.41) is 12.2. The molecule has 2 aromatic carbocycles. The lowest BCUT2D eigenvalue weighted by molar-refractivity contribution is -0.137. The molecule has 162 valence electrons. The van der Waals surface area contributed by atoms with Gasteiger partial charge in [0.2, 0.25) is 0 Å². The summed E-state index contributed by atoms with van der Waals surface area (Å²) >= 11 is 0. The van der Waals surface area contributed by atoms with Gasteiger partial charge in [0.05, 0.1) is 23.3 Å². The topological polar surface area (TPSA) is 96.2 Å². The zero-order chi connectivity index (χ0) is 22.9. The van der Waals surface area contributed by atoms with Crippen LogP contribution in [0.2, 0.25) is 0 Å². The zero-order valence-corrected chi connectivity index (χ0v) is 15.6. The number of carbonyl (C=O) groups is 2. The third-order valence-corrected chi connectivity index (χ3v) is 4.09. The number of aromatic nitrogens is 2. The van der Waals surface area contributed by atoms with Crippen LogP contribution in [0.3, 0.4) is 0 Å². The largest absolute Gasteiger partial charge is 0.465 e. The molecule has 0 aliphatic rings. The van der Waals surface area contributed by atoms with Crippen molar-refractivity contribution in [1.29, 1.82) is 0 Å². The maximum atomic E-state index is 14.4. The third kappa shape index (κ3) is 4.79. The van der Waals surface area contributed by atoms with E-state index in [0.29, 0.717) is 17.8 Å². The molecule has 12 heteroatoms. The number of imidazole rings is 1. The fraction of sp³-hybridized carbons (Fsp3) is 0.105. The van der Waals surface area contributed by atoms with Crippen molar-refractivity contribution in [2.24, 2.45) is 0 Å². The molecular weight excluding hydrogens is 427 g/mol. The number of rotatable bonds is 4. The highest BCUT2D eigenvalue weighted by molar-refractivity contribution is 6.05. The summed E-state index contributed by atoms with van der Waals surface area (Å²) in [7, 11) is 0. The van der Waals surface area contributed by atoms with Gasteiger partial charge in [-0.2, -0.15) is 13.2 Å². The van der Waals surface area contributed by atoms with E-state index in [1.807, 2.05) is 5.32 Å². The van der Waals surface area contributed by atoms with Gasteiger partial charge < -0.3 is 15.0 Å². The van der Waals surface area contributed by atoms with E-state index in [0.717, 1.165) is 18.2 Å². The van der Waals surface area contributed by atoms with Crippen molar-refractivity contribution in [3.05, 3.63) is 71.3 Å². The molecule has 7 nitrogen and oxygen atoms in total. The van der Waals surface area contributed by atoms with E-state index in [1.165, 1.54) is 22.4 Å². The van der Waals surface area contributed by atoms with Crippen molar-refractivity contribution in [3.8, 4) is 5.69 Å². The highest BCUT2D eigenvalue weighted by Gasteiger charge is 2.32. The average molecular weight is 440 g/mol. The van der Waals surface area contributed by atoms with Gasteiger partial charge in [0.25, 0.3) is 5.91 Å². The first-order valence-electron chi connectivity index (χ1n) is 8.48. The van der Waals surface area contributed by atoms with Gasteiger partial charge in [-0.25, -0.2) is 18.6 Å². The van der Waals surface area contributed by atoms with Crippen molar-refractivity contribution < 1.29 is 36.6 Å². The normalized spacial score (nSPS) is 11.3. The highest BCUT2D eigenvalue weighted by Crippen LogP contribution is 2.32. The van der Waals surface area contributed by atoms with Gasteiger partial charge >= 0.3 is 12.3 Å². The Hall–Kier alpha value is -3.96. The van der Waals surface area contributed by atoms with Crippen molar-refractivity contribution in [2.75, 3.05) is 10.6 Å². The predicted molar refractivity (Wildman–Crippen MR) is 99.3 cm³/mol. The molecule has 0 saturated heterocycles. The monoisotopic (exact) mass is 440 g/mol. The molecule has 0 radical (unpaired) electrons. The van der Waals surface area contributed by atoms with Crippen molar-refractivity contribution >= 4 is 23.4 Å². The molecule has 0 unspecified atom stereocenters. The van der Waals surface area contributed by atoms with Crippen LogP contribution >= 0.6 is 0 Å². The summed E-state index contributed by atoms with van der Waals surface area (Å²) in [5.41, 5.74) is -2.76. The molecule has 1 heterocycles. The minimum Gasteiger partial charge on any atom is -0.465 e. The number of aryl methyl sites for hydroxylation is 1. The van der Waals surface area contributed by atoms with Gasteiger partial charge in [-0.3, -0.25) is 10.1 Å². The Bertz CT molecular complexity index is 1170. The van der Waals surface area contributed by atoms with Crippen LogP contribution in [0.1, 0.15) is 21.6 Å². The van der Waals surface area contributed by atoms with Crippen LogP contribution in [0.5, 0.6) is 0 Å². The maximum Gasteiger partial charge on any atom is 0.416 e. The molecule has 31 heavy (non-hydrogen) atoms. The van der Waals surface area contributed by atoms with Crippen molar-refractivity contribution in [1.82, 2.24) is 9.55 Å². The van der Waals surface area contributed by atoms with E-state index < -0.39 is 52.3 Å². The number of halogens is 5. The molecule has 1 aromatic heterocycles. The van der Waals surface area contributed by atoms with Crippen LogP contribution < -0.4 is 10.6 Å². The van der Waals surface area contributed by atoms with Gasteiger partial charge in [-0.15, -0.1) is 0 Å². The van der Waals surface area contributed by atoms with Gasteiger partial charge in [0.15, 0.2) is 5.82 Å². The van der Waals surface area contributed by atoms with Gasteiger partial charge in [-0.1, -0.05) is 0 Å². The summed E-state index contributed by atoms with van der Waals surface area (Å²) in [4.78, 5) is 27.2. The summed E-state index contributed by atoms with van der Waals surface area (Å²) < 4.78 is 69.3. The molecule has 2 amide bonds. The average Bonchev–Trinajstić information content (AvgIpc) is 3.12. The highest BCUT2D eigenvalue weighted by atomic mass is 19.4. The molecule has 3 aromatic rings. The first-order chi connectivity index (χ1) is 14.5. The molecule has 0 saturated carbocycles. The van der Waals surface area contributed by atoms with Gasteiger partial charge in [-0.05, 0) is 37.3 Å². The zero-order valence-electron chi connectivity index (χ0n) is 15.6. The number of anilines is 2. The lowest BCUT2D eigenvalue weighted by Crippen LogP contribution is -2.17. The van der Waals surface area contributed by atoms with Gasteiger partial charge in [0, 0.05) is 17.4 Å². The Morgan fingerprint density at radius 1 is 1.10 bits per heavy atom. The summed E-state index contributed by atoms with van der Waals surface area (Å²) in [5.74, 6) is -3.81. The Morgan fingerprint density at radius 3 is 2.39 bits per heavy atom. The minimum atomic E-state index is -4.78. The van der Waals surface area contributed by atoms with Crippen LogP contribution in [-0.4, -0.2) is 26.7 Å². The molecule has 0 spiro atoms. The van der Waals surface area contributed by atoms with E-state index >= 15 is 0 Å². The number of hydrogen-bond acceptors (Lipinski definition) is 3. The number of nitrogens with zero attached hydrogens (tertiary/aromatic N) is 2. The molecule has 0 fully saturated rings. The number of nitrogens with one attached hydrogen (secondary N) is 2. The molecular formula is C19H13F5N4O3. The summed E-state index contributed by atoms with van der Waals surface area (Å²) in [6.45, 7) is 1.62. The van der Waals surface area contributed by atoms with E-state index in [-0.39, 0.29) is 5.69 Å². The van der Waals surface area contributed by atoms with Crippen LogP contribution in [-0.2, 0) is 6.18 Å². The number of carboxylic acid groups (broad SMARTS) is 1. The summed E-state index contributed by atoms with van der Waals surface area (Å²) in [6.07, 6.45) is -3.82.